The van der Waals surface area contributed by atoms with Crippen LogP contribution in [0.1, 0.15) is 17.3 Å². The zero-order valence-corrected chi connectivity index (χ0v) is 10.4. The summed E-state index contributed by atoms with van der Waals surface area (Å²) in [6, 6.07) is 13.7. The number of para-hydroxylation sites is 1. The van der Waals surface area contributed by atoms with E-state index in [9.17, 15) is 0 Å². The highest BCUT2D eigenvalue weighted by Crippen LogP contribution is 2.16. The maximum atomic E-state index is 6.16. The summed E-state index contributed by atoms with van der Waals surface area (Å²) in [5.41, 5.74) is 9.16. The molecule has 4 heteroatoms. The van der Waals surface area contributed by atoms with Crippen LogP contribution in [0.15, 0.2) is 65.6 Å². The molecule has 0 spiro atoms. The average molecular weight is 253 g/mol. The van der Waals surface area contributed by atoms with Gasteiger partial charge in [-0.3, -0.25) is 0 Å². The minimum atomic E-state index is -0.123. The molecule has 0 aliphatic carbocycles. The third-order valence-electron chi connectivity index (χ3n) is 3.05. The summed E-state index contributed by atoms with van der Waals surface area (Å²) in [6.45, 7) is 0. The number of nitrogens with two attached hydrogens (primary N) is 1. The Kier molecular flexibility index (Phi) is 3.16. The monoisotopic (exact) mass is 253 g/mol. The quantitative estimate of drug-likeness (QED) is 0.777. The van der Waals surface area contributed by atoms with Crippen LogP contribution in [0.5, 0.6) is 0 Å². The van der Waals surface area contributed by atoms with Crippen LogP contribution in [-0.4, -0.2) is 9.78 Å². The molecule has 3 aromatic rings. The summed E-state index contributed by atoms with van der Waals surface area (Å²) in [5, 5.41) is 4.52. The lowest BCUT2D eigenvalue weighted by molar-refractivity contribution is 0.560. The van der Waals surface area contributed by atoms with E-state index in [0.717, 1.165) is 23.4 Å². The van der Waals surface area contributed by atoms with Gasteiger partial charge in [0.25, 0.3) is 0 Å². The van der Waals surface area contributed by atoms with Crippen molar-refractivity contribution in [2.45, 2.75) is 12.5 Å². The first-order chi connectivity index (χ1) is 9.33. The van der Waals surface area contributed by atoms with Crippen LogP contribution in [-0.2, 0) is 6.42 Å². The van der Waals surface area contributed by atoms with Gasteiger partial charge in [0.15, 0.2) is 0 Å². The smallest absolute Gasteiger partial charge is 0.0935 e. The van der Waals surface area contributed by atoms with Crippen LogP contribution in [0.2, 0.25) is 0 Å². The van der Waals surface area contributed by atoms with Crippen molar-refractivity contribution < 1.29 is 4.42 Å². The van der Waals surface area contributed by atoms with Crippen LogP contribution < -0.4 is 5.73 Å². The highest BCUT2D eigenvalue weighted by Gasteiger charge is 2.11. The second-order valence-electron chi connectivity index (χ2n) is 4.46. The van der Waals surface area contributed by atoms with Gasteiger partial charge in [-0.15, -0.1) is 0 Å². The Morgan fingerprint density at radius 3 is 2.74 bits per heavy atom. The zero-order chi connectivity index (χ0) is 13.1. The van der Waals surface area contributed by atoms with Crippen molar-refractivity contribution in [3.05, 3.63) is 72.4 Å². The summed E-state index contributed by atoms with van der Waals surface area (Å²) < 4.78 is 6.88. The molecule has 96 valence electrons. The number of aromatic nitrogens is 2. The van der Waals surface area contributed by atoms with E-state index in [0.29, 0.717) is 0 Å². The fourth-order valence-corrected chi connectivity index (χ4v) is 2.03. The third kappa shape index (κ3) is 2.58. The predicted molar refractivity (Wildman–Crippen MR) is 72.9 cm³/mol. The zero-order valence-electron chi connectivity index (χ0n) is 10.4. The fourth-order valence-electron chi connectivity index (χ4n) is 2.03. The molecule has 0 fully saturated rings. The fraction of sp³-hybridized carbons (Fsp3) is 0.133. The molecule has 1 unspecified atom stereocenters. The molecule has 1 aromatic carbocycles. The number of hydrogen-bond acceptors (Lipinski definition) is 3. The molecule has 0 amide bonds. The van der Waals surface area contributed by atoms with E-state index in [2.05, 4.69) is 5.10 Å². The predicted octanol–water partition coefficient (Wildman–Crippen LogP) is 2.71. The Morgan fingerprint density at radius 2 is 2.00 bits per heavy atom. The molecule has 3 rings (SSSR count). The first kappa shape index (κ1) is 11.7. The molecule has 0 radical (unpaired) electrons. The van der Waals surface area contributed by atoms with Crippen LogP contribution in [0.3, 0.4) is 0 Å². The Labute approximate surface area is 111 Å². The molecule has 2 aromatic heterocycles. The van der Waals surface area contributed by atoms with E-state index < -0.39 is 0 Å². The lowest BCUT2D eigenvalue weighted by Gasteiger charge is -2.06. The summed E-state index contributed by atoms with van der Waals surface area (Å²) >= 11 is 0. The van der Waals surface area contributed by atoms with Crippen molar-refractivity contribution in [2.75, 3.05) is 0 Å². The van der Waals surface area contributed by atoms with Gasteiger partial charge in [0.1, 0.15) is 0 Å². The molecule has 2 N–H and O–H groups in total. The van der Waals surface area contributed by atoms with E-state index >= 15 is 0 Å². The number of benzene rings is 1. The molecule has 0 aliphatic rings. The molecule has 0 aliphatic heterocycles. The SMILES string of the molecule is NC(Cc1ccoc1)c1ccn(-c2ccccc2)n1. The first-order valence-electron chi connectivity index (χ1n) is 6.20. The van der Waals surface area contributed by atoms with E-state index in [1.54, 1.807) is 12.5 Å². The Morgan fingerprint density at radius 1 is 1.16 bits per heavy atom. The lowest BCUT2D eigenvalue weighted by Crippen LogP contribution is -2.14. The van der Waals surface area contributed by atoms with E-state index in [1.165, 1.54) is 0 Å². The minimum Gasteiger partial charge on any atom is -0.472 e. The summed E-state index contributed by atoms with van der Waals surface area (Å²) in [5.74, 6) is 0. The summed E-state index contributed by atoms with van der Waals surface area (Å²) in [4.78, 5) is 0. The molecule has 1 atom stereocenters. The molecule has 4 nitrogen and oxygen atoms in total. The largest absolute Gasteiger partial charge is 0.472 e. The van der Waals surface area contributed by atoms with Gasteiger partial charge < -0.3 is 10.2 Å². The molecule has 0 bridgehead atoms. The van der Waals surface area contributed by atoms with Gasteiger partial charge in [-0.05, 0) is 36.2 Å². The summed E-state index contributed by atoms with van der Waals surface area (Å²) in [6.07, 6.45) is 6.03. The van der Waals surface area contributed by atoms with Crippen molar-refractivity contribution in [3.8, 4) is 5.69 Å². The van der Waals surface area contributed by atoms with Gasteiger partial charge >= 0.3 is 0 Å². The van der Waals surface area contributed by atoms with Gasteiger partial charge in [0.2, 0.25) is 0 Å². The Bertz CT molecular complexity index is 628. The number of rotatable bonds is 4. The normalized spacial score (nSPS) is 12.5. The highest BCUT2D eigenvalue weighted by molar-refractivity contribution is 5.30. The third-order valence-corrected chi connectivity index (χ3v) is 3.05. The Hall–Kier alpha value is -2.33. The first-order valence-corrected chi connectivity index (χ1v) is 6.20. The van der Waals surface area contributed by atoms with Crippen LogP contribution >= 0.6 is 0 Å². The highest BCUT2D eigenvalue weighted by atomic mass is 16.3. The molecular weight excluding hydrogens is 238 g/mol. The van der Waals surface area contributed by atoms with Crippen molar-refractivity contribution in [1.82, 2.24) is 9.78 Å². The molecule has 2 heterocycles. The van der Waals surface area contributed by atoms with Crippen molar-refractivity contribution >= 4 is 0 Å². The molecule has 0 saturated carbocycles. The number of hydrogen-bond donors (Lipinski definition) is 1. The van der Waals surface area contributed by atoms with Gasteiger partial charge in [0, 0.05) is 6.20 Å². The maximum absolute atomic E-state index is 6.16. The average Bonchev–Trinajstić information content (AvgIpc) is 3.10. The van der Waals surface area contributed by atoms with Gasteiger partial charge in [-0.2, -0.15) is 5.10 Å². The van der Waals surface area contributed by atoms with Gasteiger partial charge in [0.05, 0.1) is 29.9 Å². The van der Waals surface area contributed by atoms with Crippen LogP contribution in [0, 0.1) is 0 Å². The minimum absolute atomic E-state index is 0.123. The lowest BCUT2D eigenvalue weighted by atomic mass is 10.1. The van der Waals surface area contributed by atoms with Gasteiger partial charge in [-0.1, -0.05) is 18.2 Å². The number of furan rings is 1. The molecule has 0 saturated heterocycles. The van der Waals surface area contributed by atoms with Crippen LogP contribution in [0.4, 0.5) is 0 Å². The second kappa shape index (κ2) is 5.12. The number of nitrogens with zero attached hydrogens (tertiary/aromatic N) is 2. The van der Waals surface area contributed by atoms with Crippen molar-refractivity contribution in [1.29, 1.82) is 0 Å². The maximum Gasteiger partial charge on any atom is 0.0935 e. The molecular formula is C15H15N3O. The summed E-state index contributed by atoms with van der Waals surface area (Å²) in [7, 11) is 0. The van der Waals surface area contributed by atoms with Gasteiger partial charge in [-0.25, -0.2) is 4.68 Å². The van der Waals surface area contributed by atoms with Crippen molar-refractivity contribution in [3.63, 3.8) is 0 Å². The second-order valence-corrected chi connectivity index (χ2v) is 4.46. The Balaban J connectivity index is 1.78. The topological polar surface area (TPSA) is 57.0 Å². The standard InChI is InChI=1S/C15H15N3O/c16-14(10-12-7-9-19-11-12)15-6-8-18(17-15)13-4-2-1-3-5-13/h1-9,11,14H,10,16H2. The van der Waals surface area contributed by atoms with Crippen LogP contribution in [0.25, 0.3) is 5.69 Å². The molecule has 19 heavy (non-hydrogen) atoms. The van der Waals surface area contributed by atoms with Crippen molar-refractivity contribution in [2.24, 2.45) is 5.73 Å². The van der Waals surface area contributed by atoms with E-state index in [-0.39, 0.29) is 6.04 Å². The van der Waals surface area contributed by atoms with E-state index in [1.807, 2.05) is 53.3 Å². The van der Waals surface area contributed by atoms with E-state index in [4.69, 9.17) is 10.2 Å².